The summed E-state index contributed by atoms with van der Waals surface area (Å²) in [5.41, 5.74) is 14.3. The highest BCUT2D eigenvalue weighted by Crippen LogP contribution is 2.40. The average Bonchev–Trinajstić information content (AvgIpc) is 4.29. The Labute approximate surface area is 496 Å². The molecule has 0 radical (unpaired) electrons. The van der Waals surface area contributed by atoms with Crippen molar-refractivity contribution in [3.05, 3.63) is 118 Å². The van der Waals surface area contributed by atoms with Gasteiger partial charge in [-0.05, 0) is 43.4 Å². The first-order chi connectivity index (χ1) is 40.0. The quantitative estimate of drug-likeness (QED) is 0.0934. The molecule has 24 nitrogen and oxygen atoms in total. The molecule has 0 spiro atoms. The van der Waals surface area contributed by atoms with E-state index in [1.807, 2.05) is 13.8 Å². The molecule has 1 aromatic carbocycles. The van der Waals surface area contributed by atoms with Gasteiger partial charge in [-0.3, -0.25) is 33.6 Å². The van der Waals surface area contributed by atoms with Crippen LogP contribution in [0.2, 0.25) is 0 Å². The summed E-state index contributed by atoms with van der Waals surface area (Å²) in [5, 5.41) is 33.8. The van der Waals surface area contributed by atoms with Crippen molar-refractivity contribution in [1.82, 2.24) is 61.1 Å². The van der Waals surface area contributed by atoms with Crippen molar-refractivity contribution in [2.75, 3.05) is 19.7 Å². The Hall–Kier alpha value is -8.13. The third-order valence-corrected chi connectivity index (χ3v) is 19.1. The van der Waals surface area contributed by atoms with E-state index in [2.05, 4.69) is 36.2 Å². The summed E-state index contributed by atoms with van der Waals surface area (Å²) >= 11 is 7.13. The Bertz CT molecular complexity index is 3870. The summed E-state index contributed by atoms with van der Waals surface area (Å²) in [6, 6.07) is 7.92. The highest BCUT2D eigenvalue weighted by molar-refractivity contribution is 7.15. The van der Waals surface area contributed by atoms with Crippen molar-refractivity contribution in [3.63, 3.8) is 0 Å². The number of aliphatic hydroxyl groups excluding tert-OH is 1. The van der Waals surface area contributed by atoms with Crippen LogP contribution in [-0.4, -0.2) is 124 Å². The molecular formula is C53H49N15O9S6. The van der Waals surface area contributed by atoms with Crippen molar-refractivity contribution in [1.29, 1.82) is 0 Å². The fraction of sp³-hybridized carbons (Fsp3) is 0.302. The number of carbonyl (C=O) groups is 7. The van der Waals surface area contributed by atoms with Gasteiger partial charge in [0.05, 0.1) is 30.7 Å². The van der Waals surface area contributed by atoms with Gasteiger partial charge in [-0.1, -0.05) is 44.2 Å². The summed E-state index contributed by atoms with van der Waals surface area (Å²) < 4.78 is 5.88. The molecule has 0 aliphatic carbocycles. The first-order valence-electron chi connectivity index (χ1n) is 25.7. The molecule has 6 unspecified atom stereocenters. The molecule has 7 aromatic heterocycles. The van der Waals surface area contributed by atoms with Crippen LogP contribution in [0.4, 0.5) is 0 Å². The molecule has 10 heterocycles. The number of nitrogens with two attached hydrogens (primary N) is 2. The molecule has 8 aromatic rings. The Kier molecular flexibility index (Phi) is 16.4. The largest absolute Gasteiger partial charge is 0.473 e. The minimum Gasteiger partial charge on any atom is -0.473 e. The van der Waals surface area contributed by atoms with Crippen molar-refractivity contribution < 1.29 is 43.4 Å². The second-order valence-electron chi connectivity index (χ2n) is 19.6. The van der Waals surface area contributed by atoms with Crippen LogP contribution < -0.4 is 32.7 Å². The normalized spacial score (nSPS) is 19.9. The van der Waals surface area contributed by atoms with E-state index in [4.69, 9.17) is 41.1 Å². The minimum atomic E-state index is -1.27. The van der Waals surface area contributed by atoms with Crippen molar-refractivity contribution in [3.8, 4) is 43.4 Å². The number of thiazole rings is 6. The number of nitrogens with one attached hydrogen (secondary N) is 4. The van der Waals surface area contributed by atoms with Crippen molar-refractivity contribution in [2.24, 2.45) is 22.4 Å². The molecule has 1 fully saturated rings. The van der Waals surface area contributed by atoms with Crippen molar-refractivity contribution >= 4 is 115 Å². The Balaban J connectivity index is 0.958. The monoisotopic (exact) mass is 1230 g/mol. The number of aromatic nitrogens is 7. The van der Waals surface area contributed by atoms with Gasteiger partial charge in [-0.2, -0.15) is 0 Å². The molecule has 0 saturated carbocycles. The number of fused-ring (bicyclic) bond motifs is 14. The molecule has 7 amide bonds. The number of rotatable bonds is 9. The number of ether oxygens (including phenoxy) is 1. The zero-order valence-electron chi connectivity index (χ0n) is 44.1. The Morgan fingerprint density at radius 1 is 0.699 bits per heavy atom. The van der Waals surface area contributed by atoms with Crippen LogP contribution in [0.25, 0.3) is 43.4 Å². The van der Waals surface area contributed by atoms with Crippen LogP contribution in [0.3, 0.4) is 0 Å². The third kappa shape index (κ3) is 12.1. The Morgan fingerprint density at radius 3 is 2.12 bits per heavy atom. The summed E-state index contributed by atoms with van der Waals surface area (Å²) in [6.45, 7) is 5.31. The lowest BCUT2D eigenvalue weighted by molar-refractivity contribution is -0.138. The highest BCUT2D eigenvalue weighted by Gasteiger charge is 2.39. The average molecular weight is 1230 g/mol. The number of carbonyl (C=O) groups excluding carboxylic acids is 7. The molecule has 9 N–H and O–H groups in total. The molecule has 426 valence electrons. The SMILES string of the molecule is Cc1sc2nc1C(=O)NC(C(C)C)c1nc(cs1)C(=O)NCC(=O)NC(C(O)c1ccccc1)c1nc(cs1)-c1nc(cs1)-c1nc(-c3nc(C4=NC(C(=O)N5CCCC5C(N)=O)CO4)cs3)ccc1-c1nc(cs1)C(=O)NC2CC(N)=O. The van der Waals surface area contributed by atoms with Crippen molar-refractivity contribution in [2.45, 2.75) is 76.3 Å². The standard InChI is InChI=1S/C53H49N15O9S6/c1-22(2)37-51-62-30(18-81-51)43(73)56-15-36(70)65-40(41(71)24-8-5-4-6-9-24)52-64-33(21-82-52)49-60-29(17-79-49)39-25(47-61-31(19-78-47)44(74)58-27(14-35(54)69)50-67-38(23(3)83-50)45(75)66-37)11-12-26(57-39)48-63-32(20-80-48)46-59-28(16-77-46)53(76)68-13-7-10-34(68)42(55)72/h4-6,8-9,11-12,17-22,27-28,34,37,40-41,71H,7,10,13-16H2,1-3H3,(H2,54,69)(H2,55,72)(H,56,73)(H,58,74)(H,65,70)(H,66,75). The van der Waals surface area contributed by atoms with Gasteiger partial charge >= 0.3 is 0 Å². The number of aryl methyl sites for hydroxylation is 1. The zero-order chi connectivity index (χ0) is 58.2. The third-order valence-electron chi connectivity index (χ3n) is 13.6. The predicted molar refractivity (Wildman–Crippen MR) is 312 cm³/mol. The van der Waals surface area contributed by atoms with Crippen LogP contribution in [0, 0.1) is 12.8 Å². The maximum Gasteiger partial charge on any atom is 0.271 e. The lowest BCUT2D eigenvalue weighted by Gasteiger charge is -2.23. The second kappa shape index (κ2) is 24.0. The molecular weight excluding hydrogens is 1180 g/mol. The van der Waals surface area contributed by atoms with E-state index in [0.717, 1.165) is 34.0 Å². The number of benzene rings is 1. The Morgan fingerprint density at radius 2 is 1.36 bits per heavy atom. The van der Waals surface area contributed by atoms with Gasteiger partial charge in [0.1, 0.15) is 94.7 Å². The first-order valence-corrected chi connectivity index (χ1v) is 31.0. The van der Waals surface area contributed by atoms with Gasteiger partial charge in [-0.25, -0.2) is 39.9 Å². The molecule has 30 heteroatoms. The van der Waals surface area contributed by atoms with E-state index in [1.165, 1.54) is 44.3 Å². The molecule has 6 atom stereocenters. The van der Waals surface area contributed by atoms with E-state index in [9.17, 15) is 38.7 Å². The van der Waals surface area contributed by atoms with E-state index < -0.39 is 78.3 Å². The maximum absolute atomic E-state index is 14.2. The van der Waals surface area contributed by atoms with Crippen LogP contribution in [0.1, 0.15) is 120 Å². The summed E-state index contributed by atoms with van der Waals surface area (Å²) in [6.07, 6.45) is -0.479. The highest BCUT2D eigenvalue weighted by atomic mass is 32.1. The molecule has 3 aliphatic heterocycles. The number of primary amides is 2. The van der Waals surface area contributed by atoms with Gasteiger partial charge in [0.2, 0.25) is 23.6 Å². The van der Waals surface area contributed by atoms with Crippen LogP contribution in [0.15, 0.2) is 74.4 Å². The number of aliphatic hydroxyl groups is 1. The number of aliphatic imine (C=N–C) groups is 1. The summed E-state index contributed by atoms with van der Waals surface area (Å²) in [5.74, 6) is -4.19. The fourth-order valence-electron chi connectivity index (χ4n) is 9.39. The smallest absolute Gasteiger partial charge is 0.271 e. The molecule has 11 rings (SSSR count). The lowest BCUT2D eigenvalue weighted by atomic mass is 10.0. The molecule has 83 heavy (non-hydrogen) atoms. The zero-order valence-corrected chi connectivity index (χ0v) is 49.0. The number of nitrogens with zero attached hydrogens (tertiary/aromatic N) is 9. The maximum atomic E-state index is 14.2. The van der Waals surface area contributed by atoms with Gasteiger partial charge in [0, 0.05) is 43.9 Å². The topological polar surface area (TPSA) is 355 Å². The van der Waals surface area contributed by atoms with Crippen LogP contribution in [-0.2, 0) is 23.9 Å². The fourth-order valence-corrected chi connectivity index (χ4v) is 14.7. The summed E-state index contributed by atoms with van der Waals surface area (Å²) in [4.78, 5) is 134. The number of amides is 7. The van der Waals surface area contributed by atoms with E-state index in [1.54, 1.807) is 70.9 Å². The second-order valence-corrected chi connectivity index (χ2v) is 25.2. The molecule has 1 saturated heterocycles. The van der Waals surface area contributed by atoms with E-state index >= 15 is 0 Å². The first kappa shape index (κ1) is 56.7. The van der Waals surface area contributed by atoms with Gasteiger partial charge in [0.15, 0.2) is 6.04 Å². The van der Waals surface area contributed by atoms with Gasteiger partial charge in [-0.15, -0.1) is 68.0 Å². The number of hydrogen-bond acceptors (Lipinski definition) is 23. The van der Waals surface area contributed by atoms with Crippen LogP contribution in [0.5, 0.6) is 0 Å². The summed E-state index contributed by atoms with van der Waals surface area (Å²) in [7, 11) is 0. The molecule has 3 aliphatic rings. The number of likely N-dealkylation sites (tertiary alicyclic amines) is 1. The number of hydrogen-bond donors (Lipinski definition) is 7. The van der Waals surface area contributed by atoms with E-state index in [-0.39, 0.29) is 52.8 Å². The minimum absolute atomic E-state index is 0.00264. The number of pyridine rings is 1. The van der Waals surface area contributed by atoms with Crippen LogP contribution >= 0.6 is 68.0 Å². The predicted octanol–water partition coefficient (Wildman–Crippen LogP) is 5.53. The van der Waals surface area contributed by atoms with Gasteiger partial charge < -0.3 is 47.5 Å². The lowest BCUT2D eigenvalue weighted by Crippen LogP contribution is -2.47. The van der Waals surface area contributed by atoms with Gasteiger partial charge in [0.25, 0.3) is 23.6 Å². The van der Waals surface area contributed by atoms with E-state index in [0.29, 0.717) is 88.9 Å². The molecule has 10 bridgehead atoms.